The van der Waals surface area contributed by atoms with E-state index < -0.39 is 0 Å². The topological polar surface area (TPSA) is 12.2 Å². The van der Waals surface area contributed by atoms with Gasteiger partial charge in [-0.2, -0.15) is 4.58 Å². The first-order valence-electron chi connectivity index (χ1n) is 6.26. The van der Waals surface area contributed by atoms with Crippen molar-refractivity contribution in [2.45, 2.75) is 11.8 Å². The molecule has 0 amide bonds. The molecule has 96 valence electrons. The summed E-state index contributed by atoms with van der Waals surface area (Å²) in [4.78, 5) is 1.40. The Labute approximate surface area is 117 Å². The highest BCUT2D eigenvalue weighted by atomic mass is 32.2. The number of benzene rings is 2. The molecule has 0 unspecified atom stereocenters. The molecule has 2 aromatic rings. The van der Waals surface area contributed by atoms with Crippen LogP contribution in [0.1, 0.15) is 11.1 Å². The van der Waals surface area contributed by atoms with Gasteiger partial charge in [0.05, 0.1) is 12.7 Å². The molecule has 0 bridgehead atoms. The fraction of sp³-hybridized carbons (Fsp3) is 0.188. The van der Waals surface area contributed by atoms with Crippen molar-refractivity contribution < 1.29 is 9.31 Å². The molecule has 3 rings (SSSR count). The van der Waals surface area contributed by atoms with Crippen molar-refractivity contribution in [3.63, 3.8) is 0 Å². The second-order valence-electron chi connectivity index (χ2n) is 4.56. The first-order valence-corrected chi connectivity index (χ1v) is 7.24. The van der Waals surface area contributed by atoms with E-state index in [0.29, 0.717) is 0 Å². The summed E-state index contributed by atoms with van der Waals surface area (Å²) in [7, 11) is 1.69. The number of nitrogens with zero attached hydrogens (tertiary/aromatic N) is 1. The highest BCUT2D eigenvalue weighted by Gasteiger charge is 2.19. The van der Waals surface area contributed by atoms with Gasteiger partial charge in [-0.25, -0.2) is 0 Å². The van der Waals surface area contributed by atoms with Gasteiger partial charge in [-0.15, -0.1) is 0 Å². The number of thioether (sulfide) groups is 1. The van der Waals surface area contributed by atoms with Crippen molar-refractivity contribution in [2.75, 3.05) is 13.0 Å². The highest BCUT2D eigenvalue weighted by Crippen LogP contribution is 2.31. The van der Waals surface area contributed by atoms with Crippen LogP contribution in [-0.2, 0) is 0 Å². The molecule has 2 aromatic carbocycles. The van der Waals surface area contributed by atoms with Crippen molar-refractivity contribution in [1.82, 2.24) is 0 Å². The maximum atomic E-state index is 5.19. The number of fused-ring (bicyclic) bond motifs is 1. The zero-order valence-corrected chi connectivity index (χ0v) is 11.9. The Morgan fingerprint density at radius 1 is 1.11 bits per heavy atom. The lowest BCUT2D eigenvalue weighted by Crippen LogP contribution is -2.13. The molecule has 0 radical (unpaired) electrons. The molecule has 1 aliphatic heterocycles. The van der Waals surface area contributed by atoms with Crippen LogP contribution in [0, 0.1) is 6.92 Å². The average molecular weight is 270 g/mol. The van der Waals surface area contributed by atoms with Crippen LogP contribution in [0.2, 0.25) is 0 Å². The van der Waals surface area contributed by atoms with Gasteiger partial charge in [0.15, 0.2) is 12.1 Å². The second-order valence-corrected chi connectivity index (χ2v) is 5.52. The summed E-state index contributed by atoms with van der Waals surface area (Å²) >= 11 is 1.89. The van der Waals surface area contributed by atoms with Crippen molar-refractivity contribution in [2.24, 2.45) is 0 Å². The van der Waals surface area contributed by atoms with Gasteiger partial charge in [0.2, 0.25) is 5.69 Å². The minimum absolute atomic E-state index is 0.893. The lowest BCUT2D eigenvalue weighted by atomic mass is 10.1. The Kier molecular flexibility index (Phi) is 3.30. The number of aryl methyl sites for hydroxylation is 1. The molecule has 1 aliphatic rings. The molecule has 2 nitrogen and oxygen atoms in total. The number of rotatable bonds is 2. The van der Waals surface area contributed by atoms with Crippen LogP contribution in [0.5, 0.6) is 5.75 Å². The van der Waals surface area contributed by atoms with Crippen LogP contribution in [0.3, 0.4) is 0 Å². The van der Waals surface area contributed by atoms with Crippen molar-refractivity contribution in [3.8, 4) is 5.75 Å². The van der Waals surface area contributed by atoms with Gasteiger partial charge in [0, 0.05) is 17.0 Å². The van der Waals surface area contributed by atoms with E-state index in [0.717, 1.165) is 11.6 Å². The minimum atomic E-state index is 0.893. The van der Waals surface area contributed by atoms with Gasteiger partial charge >= 0.3 is 0 Å². The Morgan fingerprint density at radius 2 is 1.89 bits per heavy atom. The normalized spacial score (nSPS) is 13.7. The Morgan fingerprint density at radius 3 is 2.63 bits per heavy atom. The summed E-state index contributed by atoms with van der Waals surface area (Å²) in [6.45, 7) is 2.17. The smallest absolute Gasteiger partial charge is 0.206 e. The summed E-state index contributed by atoms with van der Waals surface area (Å²) in [5.41, 5.74) is 3.85. The monoisotopic (exact) mass is 270 g/mol. The van der Waals surface area contributed by atoms with Crippen LogP contribution < -0.4 is 4.74 Å². The van der Waals surface area contributed by atoms with E-state index >= 15 is 0 Å². The van der Waals surface area contributed by atoms with E-state index in [1.165, 1.54) is 21.7 Å². The van der Waals surface area contributed by atoms with Crippen LogP contribution >= 0.6 is 11.8 Å². The third-order valence-corrected chi connectivity index (χ3v) is 4.54. The summed E-state index contributed by atoms with van der Waals surface area (Å²) in [5, 5.41) is 0. The molecule has 0 atom stereocenters. The number of methoxy groups -OCH3 is 1. The van der Waals surface area contributed by atoms with E-state index in [4.69, 9.17) is 4.74 Å². The second kappa shape index (κ2) is 5.10. The quantitative estimate of drug-likeness (QED) is 0.769. The van der Waals surface area contributed by atoms with Gasteiger partial charge in [0.25, 0.3) is 0 Å². The van der Waals surface area contributed by atoms with Crippen molar-refractivity contribution in [3.05, 3.63) is 53.6 Å². The zero-order valence-electron chi connectivity index (χ0n) is 11.1. The Balaban J connectivity index is 1.98. The number of hydrogen-bond donors (Lipinski definition) is 0. The van der Waals surface area contributed by atoms with Crippen LogP contribution in [0.4, 0.5) is 5.69 Å². The van der Waals surface area contributed by atoms with Crippen molar-refractivity contribution >= 4 is 23.7 Å². The average Bonchev–Trinajstić information content (AvgIpc) is 2.47. The summed E-state index contributed by atoms with van der Waals surface area (Å²) in [5.74, 6) is 1.84. The molecule has 0 aromatic heterocycles. The molecule has 19 heavy (non-hydrogen) atoms. The Bertz CT molecular complexity index is 632. The summed E-state index contributed by atoms with van der Waals surface area (Å²) in [6.07, 6.45) is 2.22. The highest BCUT2D eigenvalue weighted by molar-refractivity contribution is 7.99. The first-order chi connectivity index (χ1) is 9.28. The maximum absolute atomic E-state index is 5.19. The molecule has 0 N–H and O–H groups in total. The first kappa shape index (κ1) is 12.3. The number of ether oxygens (including phenoxy) is 1. The minimum Gasteiger partial charge on any atom is -0.497 e. The van der Waals surface area contributed by atoms with Crippen LogP contribution in [0.25, 0.3) is 0 Å². The molecule has 0 saturated heterocycles. The van der Waals surface area contributed by atoms with Gasteiger partial charge in [-0.3, -0.25) is 0 Å². The third-order valence-electron chi connectivity index (χ3n) is 3.29. The standard InChI is InChI=1S/C16H16NOS/c1-12-4-3-5-13-10-17(11-19-16(12)13)14-6-8-15(18-2)9-7-14/h3-10H,11H2,1-2H3/q+1. The van der Waals surface area contributed by atoms with Gasteiger partial charge in [-0.05, 0) is 30.7 Å². The molecule has 3 heteroatoms. The van der Waals surface area contributed by atoms with Gasteiger partial charge < -0.3 is 4.74 Å². The fourth-order valence-electron chi connectivity index (χ4n) is 2.24. The van der Waals surface area contributed by atoms with Crippen LogP contribution in [0.15, 0.2) is 47.4 Å². The molecule has 0 aliphatic carbocycles. The summed E-state index contributed by atoms with van der Waals surface area (Å²) < 4.78 is 7.46. The van der Waals surface area contributed by atoms with E-state index in [-0.39, 0.29) is 0 Å². The molecular formula is C16H16NOS+. The van der Waals surface area contributed by atoms with E-state index in [1.54, 1.807) is 7.11 Å². The largest absolute Gasteiger partial charge is 0.497 e. The third kappa shape index (κ3) is 2.38. The van der Waals surface area contributed by atoms with Gasteiger partial charge in [0.1, 0.15) is 5.75 Å². The van der Waals surface area contributed by atoms with E-state index in [9.17, 15) is 0 Å². The van der Waals surface area contributed by atoms with Crippen molar-refractivity contribution in [1.29, 1.82) is 0 Å². The maximum Gasteiger partial charge on any atom is 0.206 e. The molecule has 1 heterocycles. The lowest BCUT2D eigenvalue weighted by molar-refractivity contribution is -0.411. The molecule has 0 fully saturated rings. The fourth-order valence-corrected chi connectivity index (χ4v) is 3.31. The zero-order chi connectivity index (χ0) is 13.2. The van der Waals surface area contributed by atoms with Gasteiger partial charge in [-0.1, -0.05) is 23.9 Å². The Hall–Kier alpha value is -1.74. The van der Waals surface area contributed by atoms with Crippen LogP contribution in [-0.4, -0.2) is 23.8 Å². The lowest BCUT2D eigenvalue weighted by Gasteiger charge is -2.13. The summed E-state index contributed by atoms with van der Waals surface area (Å²) in [6, 6.07) is 14.6. The molecule has 0 spiro atoms. The van der Waals surface area contributed by atoms with E-state index in [1.807, 2.05) is 23.9 Å². The SMILES string of the molecule is COc1ccc([N+]2=Cc3cccc(C)c3SC2)cc1. The van der Waals surface area contributed by atoms with E-state index in [2.05, 4.69) is 48.0 Å². The molecular weight excluding hydrogens is 254 g/mol. The molecule has 0 saturated carbocycles. The predicted octanol–water partition coefficient (Wildman–Crippen LogP) is 3.83. The number of hydrogen-bond acceptors (Lipinski definition) is 2. The predicted molar refractivity (Wildman–Crippen MR) is 80.0 cm³/mol.